The highest BCUT2D eigenvalue weighted by atomic mass is 35.5. The van der Waals surface area contributed by atoms with Crippen molar-refractivity contribution in [1.82, 2.24) is 15.1 Å². The van der Waals surface area contributed by atoms with Gasteiger partial charge in [-0.15, -0.1) is 0 Å². The number of hydrogen-bond donors (Lipinski definition) is 1. The highest BCUT2D eigenvalue weighted by Crippen LogP contribution is 2.17. The third-order valence-electron chi connectivity index (χ3n) is 2.46. The molecule has 17 heavy (non-hydrogen) atoms. The fourth-order valence-electron chi connectivity index (χ4n) is 1.61. The van der Waals surface area contributed by atoms with Gasteiger partial charge in [0.2, 0.25) is 0 Å². The average molecular weight is 256 g/mol. The molecule has 0 radical (unpaired) electrons. The molecule has 1 N–H and O–H groups in total. The molecule has 0 saturated carbocycles. The zero-order chi connectivity index (χ0) is 12.5. The van der Waals surface area contributed by atoms with Crippen LogP contribution in [0.3, 0.4) is 0 Å². The van der Waals surface area contributed by atoms with Gasteiger partial charge in [0.25, 0.3) is 0 Å². The summed E-state index contributed by atoms with van der Waals surface area (Å²) in [6.45, 7) is 7.33. The maximum atomic E-state index is 6.09. The Morgan fingerprint density at radius 2 is 2.18 bits per heavy atom. The van der Waals surface area contributed by atoms with Crippen LogP contribution in [0.5, 0.6) is 0 Å². The minimum absolute atomic E-state index is 0.733. The summed E-state index contributed by atoms with van der Waals surface area (Å²) >= 11 is 6.09. The van der Waals surface area contributed by atoms with Crippen molar-refractivity contribution in [2.24, 2.45) is 0 Å². The van der Waals surface area contributed by atoms with E-state index in [1.165, 1.54) is 6.42 Å². The van der Waals surface area contributed by atoms with Crippen molar-refractivity contribution in [3.8, 4) is 0 Å². The lowest BCUT2D eigenvalue weighted by Gasteiger charge is -2.02. The average Bonchev–Trinajstić information content (AvgIpc) is 2.66. The number of hydrogen-bond acceptors (Lipinski definition) is 2. The van der Waals surface area contributed by atoms with Crippen LogP contribution in [-0.2, 0) is 6.54 Å². The first kappa shape index (κ1) is 14.3. The summed E-state index contributed by atoms with van der Waals surface area (Å²) < 4.78 is 1.96. The van der Waals surface area contributed by atoms with Gasteiger partial charge in [-0.25, -0.2) is 0 Å². The molecule has 0 aliphatic rings. The highest BCUT2D eigenvalue weighted by molar-refractivity contribution is 6.31. The van der Waals surface area contributed by atoms with E-state index in [1.54, 1.807) is 6.20 Å². The smallest absolute Gasteiger partial charge is 0.0859 e. The molecule has 0 bridgehead atoms. The Labute approximate surface area is 109 Å². The van der Waals surface area contributed by atoms with Crippen molar-refractivity contribution in [3.63, 3.8) is 0 Å². The third kappa shape index (κ3) is 4.92. The molecule has 0 unspecified atom stereocenters. The van der Waals surface area contributed by atoms with E-state index >= 15 is 0 Å². The van der Waals surface area contributed by atoms with E-state index in [1.807, 2.05) is 4.68 Å². The summed E-state index contributed by atoms with van der Waals surface area (Å²) in [5, 5.41) is 8.35. The molecule has 96 valence electrons. The van der Waals surface area contributed by atoms with E-state index in [2.05, 4.69) is 36.4 Å². The molecular weight excluding hydrogens is 234 g/mol. The normalized spacial score (nSPS) is 11.5. The molecule has 0 fully saturated rings. The van der Waals surface area contributed by atoms with E-state index in [0.29, 0.717) is 0 Å². The fourth-order valence-corrected chi connectivity index (χ4v) is 1.81. The van der Waals surface area contributed by atoms with Gasteiger partial charge in [-0.2, -0.15) is 5.10 Å². The van der Waals surface area contributed by atoms with Crippen LogP contribution in [-0.4, -0.2) is 22.9 Å². The summed E-state index contributed by atoms with van der Waals surface area (Å²) in [5.74, 6) is 0. The van der Waals surface area contributed by atoms with Gasteiger partial charge in [0.1, 0.15) is 0 Å². The van der Waals surface area contributed by atoms with Gasteiger partial charge in [0.05, 0.1) is 16.9 Å². The van der Waals surface area contributed by atoms with Gasteiger partial charge >= 0.3 is 0 Å². The Bertz CT molecular complexity index is 344. The second-order valence-electron chi connectivity index (χ2n) is 4.04. The van der Waals surface area contributed by atoms with Crippen molar-refractivity contribution in [3.05, 3.63) is 23.0 Å². The van der Waals surface area contributed by atoms with E-state index < -0.39 is 0 Å². The first-order valence-corrected chi connectivity index (χ1v) is 6.76. The van der Waals surface area contributed by atoms with Crippen LogP contribution in [0.2, 0.25) is 5.02 Å². The molecule has 4 heteroatoms. The molecule has 0 aromatic carbocycles. The predicted octanol–water partition coefficient (Wildman–Crippen LogP) is 3.35. The van der Waals surface area contributed by atoms with Gasteiger partial charge in [0.15, 0.2) is 0 Å². The fraction of sp³-hybridized carbons (Fsp3) is 0.615. The molecule has 1 rings (SSSR count). The molecule has 0 atom stereocenters. The Balaban J connectivity index is 2.43. The molecule has 3 nitrogen and oxygen atoms in total. The number of halogens is 1. The largest absolute Gasteiger partial charge is 0.316 e. The summed E-state index contributed by atoms with van der Waals surface area (Å²) in [6.07, 6.45) is 9.20. The third-order valence-corrected chi connectivity index (χ3v) is 2.75. The van der Waals surface area contributed by atoms with Crippen LogP contribution in [0, 0.1) is 0 Å². The quantitative estimate of drug-likeness (QED) is 0.722. The van der Waals surface area contributed by atoms with Crippen LogP contribution in [0.4, 0.5) is 0 Å². The number of aromatic nitrogens is 2. The molecule has 0 spiro atoms. The lowest BCUT2D eigenvalue weighted by atomic mass is 10.3. The summed E-state index contributed by atoms with van der Waals surface area (Å²) in [4.78, 5) is 0. The number of nitrogens with one attached hydrogen (secondary N) is 1. The van der Waals surface area contributed by atoms with Gasteiger partial charge in [-0.05, 0) is 38.4 Å². The van der Waals surface area contributed by atoms with Crippen LogP contribution in [0.15, 0.2) is 12.3 Å². The van der Waals surface area contributed by atoms with E-state index in [9.17, 15) is 0 Å². The number of aryl methyl sites for hydroxylation is 1. The maximum absolute atomic E-state index is 6.09. The first-order chi connectivity index (χ1) is 8.29. The molecule has 0 amide bonds. The lowest BCUT2D eigenvalue weighted by molar-refractivity contribution is 0.598. The molecule has 1 heterocycles. The minimum atomic E-state index is 0.733. The maximum Gasteiger partial charge on any atom is 0.0859 e. The zero-order valence-electron chi connectivity index (χ0n) is 10.7. The van der Waals surface area contributed by atoms with Crippen molar-refractivity contribution in [2.75, 3.05) is 13.1 Å². The van der Waals surface area contributed by atoms with E-state index in [4.69, 9.17) is 11.6 Å². The van der Waals surface area contributed by atoms with Gasteiger partial charge < -0.3 is 5.32 Å². The Morgan fingerprint density at radius 1 is 1.35 bits per heavy atom. The van der Waals surface area contributed by atoms with E-state index in [0.717, 1.165) is 43.2 Å². The molecule has 0 aliphatic heterocycles. The van der Waals surface area contributed by atoms with E-state index in [-0.39, 0.29) is 0 Å². The first-order valence-electron chi connectivity index (χ1n) is 6.38. The number of rotatable bonds is 8. The minimum Gasteiger partial charge on any atom is -0.316 e. The standard InChI is InChI=1S/C13H22ClN3/c1-3-8-15-9-6-5-7-13-12(14)11-16-17(13)10-4-2/h5,7,11,15H,3-4,6,8-10H2,1-2H3/b7-5+. The van der Waals surface area contributed by atoms with Crippen LogP contribution in [0.1, 0.15) is 38.8 Å². The van der Waals surface area contributed by atoms with Crippen LogP contribution in [0.25, 0.3) is 6.08 Å². The number of nitrogens with zero attached hydrogens (tertiary/aromatic N) is 2. The van der Waals surface area contributed by atoms with Crippen molar-refractivity contribution in [2.45, 2.75) is 39.7 Å². The summed E-state index contributed by atoms with van der Waals surface area (Å²) in [7, 11) is 0. The Hall–Kier alpha value is -0.800. The Morgan fingerprint density at radius 3 is 2.88 bits per heavy atom. The Kier molecular flexibility index (Phi) is 6.97. The molecule has 0 saturated heterocycles. The molecule has 1 aromatic heterocycles. The molecular formula is C13H22ClN3. The summed E-state index contributed by atoms with van der Waals surface area (Å²) in [6, 6.07) is 0. The monoisotopic (exact) mass is 255 g/mol. The van der Waals surface area contributed by atoms with Crippen LogP contribution >= 0.6 is 11.6 Å². The van der Waals surface area contributed by atoms with Crippen molar-refractivity contribution < 1.29 is 0 Å². The summed E-state index contributed by atoms with van der Waals surface area (Å²) in [5.41, 5.74) is 1.02. The SMILES string of the molecule is CCCNCC/C=C/c1c(Cl)cnn1CCC. The zero-order valence-corrected chi connectivity index (χ0v) is 11.5. The second kappa shape index (κ2) is 8.31. The highest BCUT2D eigenvalue weighted by Gasteiger charge is 2.04. The van der Waals surface area contributed by atoms with Crippen molar-refractivity contribution in [1.29, 1.82) is 0 Å². The second-order valence-corrected chi connectivity index (χ2v) is 4.45. The topological polar surface area (TPSA) is 29.9 Å². The lowest BCUT2D eigenvalue weighted by Crippen LogP contribution is -2.15. The van der Waals surface area contributed by atoms with Gasteiger partial charge in [-0.3, -0.25) is 4.68 Å². The molecule has 1 aromatic rings. The van der Waals surface area contributed by atoms with Gasteiger partial charge in [0, 0.05) is 6.54 Å². The van der Waals surface area contributed by atoms with Crippen molar-refractivity contribution >= 4 is 17.7 Å². The predicted molar refractivity (Wildman–Crippen MR) is 74.3 cm³/mol. The van der Waals surface area contributed by atoms with Gasteiger partial charge in [-0.1, -0.05) is 31.5 Å². The van der Waals surface area contributed by atoms with Crippen LogP contribution < -0.4 is 5.32 Å². The molecule has 0 aliphatic carbocycles.